The quantitative estimate of drug-likeness (QED) is 0.865. The van der Waals surface area contributed by atoms with Gasteiger partial charge in [0, 0.05) is 25.0 Å². The van der Waals surface area contributed by atoms with Gasteiger partial charge in [0.2, 0.25) is 0 Å². The van der Waals surface area contributed by atoms with E-state index in [0.717, 1.165) is 6.54 Å². The van der Waals surface area contributed by atoms with Crippen LogP contribution < -0.4 is 5.32 Å². The standard InChI is InChI=1S/C15H18N2/c1-12-6-3-4-8-15(12)13(2)17-11-14-7-5-9-16-10-14/h3-10,13,17H,11H2,1-2H3. The Kier molecular flexibility index (Phi) is 3.89. The molecule has 1 heterocycles. The average molecular weight is 226 g/mol. The minimum atomic E-state index is 0.358. The third-order valence-corrected chi connectivity index (χ3v) is 2.99. The summed E-state index contributed by atoms with van der Waals surface area (Å²) in [5, 5.41) is 3.52. The largest absolute Gasteiger partial charge is 0.306 e. The fourth-order valence-corrected chi connectivity index (χ4v) is 1.96. The van der Waals surface area contributed by atoms with Gasteiger partial charge in [-0.1, -0.05) is 30.3 Å². The van der Waals surface area contributed by atoms with Crippen LogP contribution in [0.15, 0.2) is 48.8 Å². The second-order valence-corrected chi connectivity index (χ2v) is 4.32. The van der Waals surface area contributed by atoms with Crippen molar-refractivity contribution in [2.24, 2.45) is 0 Å². The summed E-state index contributed by atoms with van der Waals surface area (Å²) in [5.74, 6) is 0. The lowest BCUT2D eigenvalue weighted by Gasteiger charge is -2.16. The normalized spacial score (nSPS) is 12.4. The van der Waals surface area contributed by atoms with E-state index in [9.17, 15) is 0 Å². The number of hydrogen-bond donors (Lipinski definition) is 1. The summed E-state index contributed by atoms with van der Waals surface area (Å²) in [6.45, 7) is 5.19. The predicted octanol–water partition coefficient (Wildman–Crippen LogP) is 3.24. The molecular weight excluding hydrogens is 208 g/mol. The third kappa shape index (κ3) is 3.14. The first-order chi connectivity index (χ1) is 8.27. The molecule has 1 unspecified atom stereocenters. The molecule has 88 valence electrons. The Morgan fingerprint density at radius 3 is 2.71 bits per heavy atom. The van der Waals surface area contributed by atoms with Crippen molar-refractivity contribution in [2.75, 3.05) is 0 Å². The molecule has 0 spiro atoms. The van der Waals surface area contributed by atoms with Gasteiger partial charge in [0.1, 0.15) is 0 Å². The molecule has 0 amide bonds. The first-order valence-electron chi connectivity index (χ1n) is 5.95. The van der Waals surface area contributed by atoms with Crippen LogP contribution in [0.4, 0.5) is 0 Å². The molecule has 0 radical (unpaired) electrons. The molecule has 0 bridgehead atoms. The average Bonchev–Trinajstić information content (AvgIpc) is 2.38. The fraction of sp³-hybridized carbons (Fsp3) is 0.267. The fourth-order valence-electron chi connectivity index (χ4n) is 1.96. The molecule has 0 aliphatic rings. The molecule has 1 N–H and O–H groups in total. The first kappa shape index (κ1) is 11.8. The maximum Gasteiger partial charge on any atom is 0.0312 e. The molecule has 17 heavy (non-hydrogen) atoms. The van der Waals surface area contributed by atoms with Crippen molar-refractivity contribution in [2.45, 2.75) is 26.4 Å². The number of benzene rings is 1. The molecule has 1 aromatic heterocycles. The molecule has 0 saturated heterocycles. The Balaban J connectivity index is 1.99. The topological polar surface area (TPSA) is 24.9 Å². The van der Waals surface area contributed by atoms with Gasteiger partial charge in [-0.15, -0.1) is 0 Å². The molecule has 1 aromatic carbocycles. The van der Waals surface area contributed by atoms with E-state index >= 15 is 0 Å². The van der Waals surface area contributed by atoms with E-state index in [1.807, 2.05) is 12.3 Å². The third-order valence-electron chi connectivity index (χ3n) is 2.99. The van der Waals surface area contributed by atoms with Crippen LogP contribution in [0, 0.1) is 6.92 Å². The summed E-state index contributed by atoms with van der Waals surface area (Å²) in [7, 11) is 0. The molecule has 2 nitrogen and oxygen atoms in total. The predicted molar refractivity (Wildman–Crippen MR) is 70.7 cm³/mol. The van der Waals surface area contributed by atoms with Crippen molar-refractivity contribution >= 4 is 0 Å². The number of nitrogens with zero attached hydrogens (tertiary/aromatic N) is 1. The smallest absolute Gasteiger partial charge is 0.0312 e. The molecule has 0 fully saturated rings. The minimum Gasteiger partial charge on any atom is -0.306 e. The molecular formula is C15H18N2. The summed E-state index contributed by atoms with van der Waals surface area (Å²) in [4.78, 5) is 4.11. The van der Waals surface area contributed by atoms with Crippen molar-refractivity contribution in [1.82, 2.24) is 10.3 Å². The van der Waals surface area contributed by atoms with Gasteiger partial charge < -0.3 is 5.32 Å². The second kappa shape index (κ2) is 5.60. The van der Waals surface area contributed by atoms with E-state index in [1.165, 1.54) is 16.7 Å². The maximum absolute atomic E-state index is 4.11. The van der Waals surface area contributed by atoms with Crippen molar-refractivity contribution in [3.8, 4) is 0 Å². The number of pyridine rings is 1. The lowest BCUT2D eigenvalue weighted by molar-refractivity contribution is 0.571. The van der Waals surface area contributed by atoms with Crippen molar-refractivity contribution in [3.05, 3.63) is 65.5 Å². The number of aryl methyl sites for hydroxylation is 1. The Morgan fingerprint density at radius 1 is 1.18 bits per heavy atom. The number of aromatic nitrogens is 1. The molecule has 2 heteroatoms. The van der Waals surface area contributed by atoms with Crippen LogP contribution in [0.5, 0.6) is 0 Å². The van der Waals surface area contributed by atoms with Crippen molar-refractivity contribution in [3.63, 3.8) is 0 Å². The molecule has 2 aromatic rings. The summed E-state index contributed by atoms with van der Waals surface area (Å²) in [6.07, 6.45) is 3.70. The Labute approximate surface area is 103 Å². The van der Waals surface area contributed by atoms with Gasteiger partial charge in [0.25, 0.3) is 0 Å². The van der Waals surface area contributed by atoms with Gasteiger partial charge in [-0.3, -0.25) is 4.98 Å². The van der Waals surface area contributed by atoms with E-state index < -0.39 is 0 Å². The second-order valence-electron chi connectivity index (χ2n) is 4.32. The van der Waals surface area contributed by atoms with Gasteiger partial charge in [-0.05, 0) is 36.6 Å². The van der Waals surface area contributed by atoms with Gasteiger partial charge >= 0.3 is 0 Å². The molecule has 0 aliphatic heterocycles. The first-order valence-corrected chi connectivity index (χ1v) is 5.95. The maximum atomic E-state index is 4.11. The van der Waals surface area contributed by atoms with Crippen molar-refractivity contribution < 1.29 is 0 Å². The lowest BCUT2D eigenvalue weighted by atomic mass is 10.0. The SMILES string of the molecule is Cc1ccccc1C(C)NCc1cccnc1. The molecule has 0 saturated carbocycles. The van der Waals surface area contributed by atoms with Crippen LogP contribution in [-0.2, 0) is 6.54 Å². The van der Waals surface area contributed by atoms with Gasteiger partial charge in [0.05, 0.1) is 0 Å². The Bertz CT molecular complexity index is 465. The summed E-state index contributed by atoms with van der Waals surface area (Å²) in [5.41, 5.74) is 3.91. The summed E-state index contributed by atoms with van der Waals surface area (Å²) in [6, 6.07) is 12.9. The van der Waals surface area contributed by atoms with Gasteiger partial charge in [0.15, 0.2) is 0 Å². The molecule has 2 rings (SSSR count). The zero-order chi connectivity index (χ0) is 12.1. The highest BCUT2D eigenvalue weighted by atomic mass is 14.9. The zero-order valence-corrected chi connectivity index (χ0v) is 10.4. The highest BCUT2D eigenvalue weighted by Crippen LogP contribution is 2.16. The van der Waals surface area contributed by atoms with E-state index in [-0.39, 0.29) is 0 Å². The van der Waals surface area contributed by atoms with Crippen LogP contribution in [0.2, 0.25) is 0 Å². The highest BCUT2D eigenvalue weighted by molar-refractivity contribution is 5.28. The van der Waals surface area contributed by atoms with Crippen LogP contribution in [0.25, 0.3) is 0 Å². The van der Waals surface area contributed by atoms with Crippen LogP contribution >= 0.6 is 0 Å². The van der Waals surface area contributed by atoms with Gasteiger partial charge in [-0.25, -0.2) is 0 Å². The van der Waals surface area contributed by atoms with Gasteiger partial charge in [-0.2, -0.15) is 0 Å². The highest BCUT2D eigenvalue weighted by Gasteiger charge is 2.06. The zero-order valence-electron chi connectivity index (χ0n) is 10.4. The van der Waals surface area contributed by atoms with Crippen LogP contribution in [0.1, 0.15) is 29.7 Å². The monoisotopic (exact) mass is 226 g/mol. The summed E-state index contributed by atoms with van der Waals surface area (Å²) >= 11 is 0. The van der Waals surface area contributed by atoms with Crippen LogP contribution in [-0.4, -0.2) is 4.98 Å². The van der Waals surface area contributed by atoms with Crippen LogP contribution in [0.3, 0.4) is 0 Å². The van der Waals surface area contributed by atoms with E-state index in [2.05, 4.69) is 54.5 Å². The van der Waals surface area contributed by atoms with E-state index in [0.29, 0.717) is 6.04 Å². The number of rotatable bonds is 4. The molecule has 1 atom stereocenters. The Morgan fingerprint density at radius 2 is 2.00 bits per heavy atom. The Hall–Kier alpha value is -1.67. The molecule has 0 aliphatic carbocycles. The number of hydrogen-bond acceptors (Lipinski definition) is 2. The minimum absolute atomic E-state index is 0.358. The van der Waals surface area contributed by atoms with Crippen molar-refractivity contribution in [1.29, 1.82) is 0 Å². The summed E-state index contributed by atoms with van der Waals surface area (Å²) < 4.78 is 0. The lowest BCUT2D eigenvalue weighted by Crippen LogP contribution is -2.18. The number of nitrogens with one attached hydrogen (secondary N) is 1. The van der Waals surface area contributed by atoms with E-state index in [4.69, 9.17) is 0 Å². The van der Waals surface area contributed by atoms with E-state index in [1.54, 1.807) is 6.20 Å².